The Kier molecular flexibility index (Phi) is 4.22. The quantitative estimate of drug-likeness (QED) is 0.873. The number of nitrogens with one attached hydrogen (secondary N) is 1. The Balaban J connectivity index is 2.19. The van der Waals surface area contributed by atoms with Gasteiger partial charge in [-0.15, -0.1) is 0 Å². The standard InChI is InChI=1S/C14H15N3O4/c1-9(18)16-11-5-3-4-6-13(11)21-8-12-10(14(19)20)7-15-17(12)2/h3-7H,8H2,1-2H3,(H,16,18)(H,19,20). The topological polar surface area (TPSA) is 93.4 Å². The van der Waals surface area contributed by atoms with Crippen LogP contribution in [0.25, 0.3) is 0 Å². The lowest BCUT2D eigenvalue weighted by Gasteiger charge is -2.12. The van der Waals surface area contributed by atoms with Gasteiger partial charge in [0.1, 0.15) is 17.9 Å². The van der Waals surface area contributed by atoms with E-state index in [9.17, 15) is 9.59 Å². The smallest absolute Gasteiger partial charge is 0.339 e. The number of carboxylic acid groups (broad SMARTS) is 1. The van der Waals surface area contributed by atoms with Crippen LogP contribution in [0.15, 0.2) is 30.5 Å². The summed E-state index contributed by atoms with van der Waals surface area (Å²) >= 11 is 0. The Bertz CT molecular complexity index is 679. The van der Waals surface area contributed by atoms with E-state index in [1.807, 2.05) is 0 Å². The molecular formula is C14H15N3O4. The number of aromatic carboxylic acids is 1. The Hall–Kier alpha value is -2.83. The Morgan fingerprint density at radius 2 is 2.10 bits per heavy atom. The average Bonchev–Trinajstić information content (AvgIpc) is 2.78. The molecule has 0 unspecified atom stereocenters. The van der Waals surface area contributed by atoms with Crippen LogP contribution in [-0.2, 0) is 18.4 Å². The molecule has 2 rings (SSSR count). The molecule has 0 bridgehead atoms. The molecule has 0 aliphatic rings. The maximum absolute atomic E-state index is 11.1. The zero-order valence-electron chi connectivity index (χ0n) is 11.7. The minimum Gasteiger partial charge on any atom is -0.485 e. The number of aryl methyl sites for hydroxylation is 1. The van der Waals surface area contributed by atoms with Crippen LogP contribution in [0, 0.1) is 0 Å². The van der Waals surface area contributed by atoms with Crippen molar-refractivity contribution < 1.29 is 19.4 Å². The minimum atomic E-state index is -1.06. The van der Waals surface area contributed by atoms with E-state index in [2.05, 4.69) is 10.4 Å². The van der Waals surface area contributed by atoms with Crippen LogP contribution in [0.5, 0.6) is 5.75 Å². The highest BCUT2D eigenvalue weighted by atomic mass is 16.5. The molecule has 0 saturated carbocycles. The molecule has 1 aromatic heterocycles. The molecule has 2 N–H and O–H groups in total. The monoisotopic (exact) mass is 289 g/mol. The second-order valence-electron chi connectivity index (χ2n) is 4.40. The first-order valence-corrected chi connectivity index (χ1v) is 6.22. The van der Waals surface area contributed by atoms with E-state index in [1.54, 1.807) is 31.3 Å². The molecule has 7 nitrogen and oxygen atoms in total. The predicted molar refractivity (Wildman–Crippen MR) is 75.2 cm³/mol. The van der Waals surface area contributed by atoms with E-state index in [0.29, 0.717) is 17.1 Å². The molecule has 1 amide bonds. The van der Waals surface area contributed by atoms with Gasteiger partial charge in [-0.2, -0.15) is 5.10 Å². The lowest BCUT2D eigenvalue weighted by molar-refractivity contribution is -0.114. The first kappa shape index (κ1) is 14.6. The van der Waals surface area contributed by atoms with Crippen molar-refractivity contribution in [3.63, 3.8) is 0 Å². The molecule has 1 aromatic carbocycles. The molecule has 0 aliphatic carbocycles. The highest BCUT2D eigenvalue weighted by Crippen LogP contribution is 2.25. The Morgan fingerprint density at radius 1 is 1.38 bits per heavy atom. The Morgan fingerprint density at radius 3 is 2.76 bits per heavy atom. The third-order valence-corrected chi connectivity index (χ3v) is 2.85. The van der Waals surface area contributed by atoms with Crippen molar-refractivity contribution in [1.82, 2.24) is 9.78 Å². The van der Waals surface area contributed by atoms with Gasteiger partial charge in [0.05, 0.1) is 17.6 Å². The fourth-order valence-electron chi connectivity index (χ4n) is 1.84. The molecule has 7 heteroatoms. The summed E-state index contributed by atoms with van der Waals surface area (Å²) in [5.41, 5.74) is 1.07. The fourth-order valence-corrected chi connectivity index (χ4v) is 1.84. The summed E-state index contributed by atoms with van der Waals surface area (Å²) < 4.78 is 7.06. The first-order valence-electron chi connectivity index (χ1n) is 6.22. The van der Waals surface area contributed by atoms with E-state index in [-0.39, 0.29) is 18.1 Å². The van der Waals surface area contributed by atoms with Gasteiger partial charge in [-0.25, -0.2) is 4.79 Å². The van der Waals surface area contributed by atoms with Crippen molar-refractivity contribution in [2.24, 2.45) is 7.05 Å². The number of carbonyl (C=O) groups is 2. The molecule has 0 radical (unpaired) electrons. The molecule has 0 fully saturated rings. The molecule has 110 valence electrons. The van der Waals surface area contributed by atoms with Gasteiger partial charge in [0.15, 0.2) is 0 Å². The number of aromatic nitrogens is 2. The zero-order valence-corrected chi connectivity index (χ0v) is 11.7. The van der Waals surface area contributed by atoms with Crippen LogP contribution in [-0.4, -0.2) is 26.8 Å². The van der Waals surface area contributed by atoms with Crippen molar-refractivity contribution >= 4 is 17.6 Å². The van der Waals surface area contributed by atoms with Crippen molar-refractivity contribution in [1.29, 1.82) is 0 Å². The SMILES string of the molecule is CC(=O)Nc1ccccc1OCc1c(C(=O)O)cnn1C. The zero-order chi connectivity index (χ0) is 15.4. The minimum absolute atomic E-state index is 0.0364. The van der Waals surface area contributed by atoms with Crippen LogP contribution in [0.2, 0.25) is 0 Å². The fraction of sp³-hybridized carbons (Fsp3) is 0.214. The first-order chi connectivity index (χ1) is 9.99. The molecule has 21 heavy (non-hydrogen) atoms. The number of hydrogen-bond donors (Lipinski definition) is 2. The van der Waals surface area contributed by atoms with Gasteiger partial charge in [0.25, 0.3) is 0 Å². The van der Waals surface area contributed by atoms with E-state index >= 15 is 0 Å². The highest BCUT2D eigenvalue weighted by molar-refractivity contribution is 5.90. The molecule has 0 atom stereocenters. The third kappa shape index (κ3) is 3.38. The summed E-state index contributed by atoms with van der Waals surface area (Å²) in [6.07, 6.45) is 1.28. The third-order valence-electron chi connectivity index (χ3n) is 2.85. The summed E-state index contributed by atoms with van der Waals surface area (Å²) in [5, 5.41) is 15.6. The number of rotatable bonds is 5. The molecule has 0 saturated heterocycles. The van der Waals surface area contributed by atoms with Gasteiger partial charge in [0.2, 0.25) is 5.91 Å². The number of benzene rings is 1. The van der Waals surface area contributed by atoms with Gasteiger partial charge in [-0.3, -0.25) is 9.48 Å². The van der Waals surface area contributed by atoms with Crippen LogP contribution >= 0.6 is 0 Å². The van der Waals surface area contributed by atoms with Crippen molar-refractivity contribution in [2.75, 3.05) is 5.32 Å². The number of para-hydroxylation sites is 2. The largest absolute Gasteiger partial charge is 0.485 e. The number of carboxylic acids is 1. The summed E-state index contributed by atoms with van der Waals surface area (Å²) in [6.45, 7) is 1.44. The van der Waals surface area contributed by atoms with E-state index in [4.69, 9.17) is 9.84 Å². The van der Waals surface area contributed by atoms with E-state index in [1.165, 1.54) is 17.8 Å². The van der Waals surface area contributed by atoms with Crippen LogP contribution in [0.3, 0.4) is 0 Å². The summed E-state index contributed by atoms with van der Waals surface area (Å²) in [4.78, 5) is 22.2. The average molecular weight is 289 g/mol. The maximum atomic E-state index is 11.1. The van der Waals surface area contributed by atoms with Crippen LogP contribution in [0.1, 0.15) is 23.0 Å². The van der Waals surface area contributed by atoms with E-state index < -0.39 is 5.97 Å². The van der Waals surface area contributed by atoms with Gasteiger partial charge in [-0.1, -0.05) is 12.1 Å². The lowest BCUT2D eigenvalue weighted by Crippen LogP contribution is -2.11. The molecular weight excluding hydrogens is 274 g/mol. The second-order valence-corrected chi connectivity index (χ2v) is 4.40. The summed E-state index contributed by atoms with van der Waals surface area (Å²) in [7, 11) is 1.64. The molecule has 2 aromatic rings. The summed E-state index contributed by atoms with van der Waals surface area (Å²) in [6, 6.07) is 6.94. The lowest BCUT2D eigenvalue weighted by atomic mass is 10.2. The second kappa shape index (κ2) is 6.08. The van der Waals surface area contributed by atoms with E-state index in [0.717, 1.165) is 0 Å². The van der Waals surface area contributed by atoms with Crippen LogP contribution < -0.4 is 10.1 Å². The predicted octanol–water partition coefficient (Wildman–Crippen LogP) is 1.66. The van der Waals surface area contributed by atoms with Crippen molar-refractivity contribution in [3.05, 3.63) is 41.7 Å². The van der Waals surface area contributed by atoms with Gasteiger partial charge in [0, 0.05) is 14.0 Å². The number of nitrogens with zero attached hydrogens (tertiary/aromatic N) is 2. The van der Waals surface area contributed by atoms with Gasteiger partial charge in [-0.05, 0) is 12.1 Å². The Labute approximate surface area is 121 Å². The number of amides is 1. The van der Waals surface area contributed by atoms with Crippen molar-refractivity contribution in [2.45, 2.75) is 13.5 Å². The summed E-state index contributed by atoms with van der Waals surface area (Å²) in [5.74, 6) is -0.806. The molecule has 1 heterocycles. The molecule has 0 aliphatic heterocycles. The number of carbonyl (C=O) groups excluding carboxylic acids is 1. The van der Waals surface area contributed by atoms with Gasteiger partial charge >= 0.3 is 5.97 Å². The normalized spacial score (nSPS) is 10.2. The number of anilines is 1. The van der Waals surface area contributed by atoms with Crippen molar-refractivity contribution in [3.8, 4) is 5.75 Å². The maximum Gasteiger partial charge on any atom is 0.339 e. The number of ether oxygens (including phenoxy) is 1. The highest BCUT2D eigenvalue weighted by Gasteiger charge is 2.16. The van der Waals surface area contributed by atoms with Crippen LogP contribution in [0.4, 0.5) is 5.69 Å². The van der Waals surface area contributed by atoms with Gasteiger partial charge < -0.3 is 15.2 Å². The number of hydrogen-bond acceptors (Lipinski definition) is 4. The molecule has 0 spiro atoms.